The minimum Gasteiger partial charge on any atom is -0.309 e. The molecule has 2 aromatic heterocycles. The highest BCUT2D eigenvalue weighted by Crippen LogP contribution is 2.44. The van der Waals surface area contributed by atoms with Crippen LogP contribution in [0, 0.1) is 0 Å². The van der Waals surface area contributed by atoms with E-state index in [1.807, 2.05) is 60.7 Å². The minimum absolute atomic E-state index is 0.836. The van der Waals surface area contributed by atoms with Gasteiger partial charge >= 0.3 is 0 Å². The standard InChI is InChI=1S/C53H33N2OP/c56-57(40-15-3-1-4-16-40,41-17-5-2-6-18-41)42-26-29-44-39(31-42)23-22-37-30-38(25-27-43(37)44)46-20-11-21-49-52(46)55-50-33-36-14-8-7-13-35(36)32-48(50)47-28-24-34-12-9-10-19-45(34)51(47)53(55)54-49/h1-33H. The topological polar surface area (TPSA) is 34.4 Å². The van der Waals surface area contributed by atoms with Crippen LogP contribution >= 0.6 is 7.14 Å². The van der Waals surface area contributed by atoms with Crippen LogP contribution in [0.2, 0.25) is 0 Å². The van der Waals surface area contributed by atoms with Crippen LogP contribution in [0.15, 0.2) is 200 Å². The molecule has 0 fully saturated rings. The van der Waals surface area contributed by atoms with Gasteiger partial charge in [0, 0.05) is 32.2 Å². The number of fused-ring (bicyclic) bond motifs is 14. The van der Waals surface area contributed by atoms with E-state index in [-0.39, 0.29) is 0 Å². The van der Waals surface area contributed by atoms with Gasteiger partial charge in [0.05, 0.1) is 16.6 Å². The van der Waals surface area contributed by atoms with E-state index in [1.54, 1.807) is 0 Å². The number of para-hydroxylation sites is 1. The van der Waals surface area contributed by atoms with Gasteiger partial charge in [-0.25, -0.2) is 4.98 Å². The van der Waals surface area contributed by atoms with Gasteiger partial charge in [-0.1, -0.05) is 170 Å². The Labute approximate surface area is 328 Å². The number of benzene rings is 10. The van der Waals surface area contributed by atoms with Crippen LogP contribution in [0.4, 0.5) is 0 Å². The molecule has 0 atom stereocenters. The van der Waals surface area contributed by atoms with Gasteiger partial charge < -0.3 is 4.57 Å². The fraction of sp³-hybridized carbons (Fsp3) is 0. The second-order valence-electron chi connectivity index (χ2n) is 15.1. The summed E-state index contributed by atoms with van der Waals surface area (Å²) in [6.45, 7) is 0. The van der Waals surface area contributed by atoms with E-state index in [4.69, 9.17) is 4.98 Å². The van der Waals surface area contributed by atoms with Crippen LogP contribution in [0.3, 0.4) is 0 Å². The summed E-state index contributed by atoms with van der Waals surface area (Å²) in [6, 6.07) is 70.3. The van der Waals surface area contributed by atoms with Crippen LogP contribution in [-0.2, 0) is 4.57 Å². The molecule has 266 valence electrons. The summed E-state index contributed by atoms with van der Waals surface area (Å²) in [6.07, 6.45) is 0. The molecular weight excluding hydrogens is 712 g/mol. The van der Waals surface area contributed by atoms with E-state index in [2.05, 4.69) is 144 Å². The van der Waals surface area contributed by atoms with E-state index in [1.165, 1.54) is 37.7 Å². The third-order valence-electron chi connectivity index (χ3n) is 12.0. The van der Waals surface area contributed by atoms with Crippen molar-refractivity contribution in [1.29, 1.82) is 0 Å². The first-order valence-corrected chi connectivity index (χ1v) is 21.1. The molecule has 4 heteroatoms. The summed E-state index contributed by atoms with van der Waals surface area (Å²) in [7, 11) is -3.10. The third-order valence-corrected chi connectivity index (χ3v) is 15.0. The monoisotopic (exact) mass is 744 g/mol. The minimum atomic E-state index is -3.10. The lowest BCUT2D eigenvalue weighted by molar-refractivity contribution is 0.592. The summed E-state index contributed by atoms with van der Waals surface area (Å²) >= 11 is 0. The predicted octanol–water partition coefficient (Wildman–Crippen LogP) is 12.7. The van der Waals surface area contributed by atoms with Crippen molar-refractivity contribution >= 4 is 105 Å². The smallest absolute Gasteiger partial charge is 0.171 e. The molecule has 0 saturated heterocycles. The van der Waals surface area contributed by atoms with Crippen molar-refractivity contribution in [2.45, 2.75) is 0 Å². The Balaban J connectivity index is 1.08. The van der Waals surface area contributed by atoms with Gasteiger partial charge in [0.1, 0.15) is 5.65 Å². The molecule has 0 unspecified atom stereocenters. The van der Waals surface area contributed by atoms with E-state index < -0.39 is 7.14 Å². The molecule has 12 rings (SSSR count). The van der Waals surface area contributed by atoms with Crippen LogP contribution < -0.4 is 15.9 Å². The highest BCUT2D eigenvalue weighted by molar-refractivity contribution is 7.85. The van der Waals surface area contributed by atoms with Crippen LogP contribution in [0.5, 0.6) is 0 Å². The fourth-order valence-corrected chi connectivity index (χ4v) is 12.0. The maximum Gasteiger partial charge on any atom is 0.171 e. The van der Waals surface area contributed by atoms with Gasteiger partial charge in [0.25, 0.3) is 0 Å². The normalized spacial score (nSPS) is 12.3. The summed E-state index contributed by atoms with van der Waals surface area (Å²) in [5, 5.41) is 15.5. The molecule has 2 heterocycles. The largest absolute Gasteiger partial charge is 0.309 e. The van der Waals surface area contributed by atoms with Crippen molar-refractivity contribution < 1.29 is 4.57 Å². The lowest BCUT2D eigenvalue weighted by Crippen LogP contribution is -2.24. The predicted molar refractivity (Wildman–Crippen MR) is 243 cm³/mol. The molecule has 0 amide bonds. The van der Waals surface area contributed by atoms with Gasteiger partial charge in [0.2, 0.25) is 0 Å². The maximum atomic E-state index is 15.2. The SMILES string of the molecule is O=P(c1ccccc1)(c1ccccc1)c1ccc2c(ccc3cc(-c4cccc5nc6c7c8ccccc8ccc7c7cc8ccccc8cc7n6c45)ccc32)c1. The Hall–Kier alpha value is -7.06. The summed E-state index contributed by atoms with van der Waals surface area (Å²) in [4.78, 5) is 5.42. The number of rotatable bonds is 4. The summed E-state index contributed by atoms with van der Waals surface area (Å²) in [5.74, 6) is 0. The zero-order valence-electron chi connectivity index (χ0n) is 30.8. The average molecular weight is 745 g/mol. The Morgan fingerprint density at radius 1 is 0.404 bits per heavy atom. The van der Waals surface area contributed by atoms with Crippen LogP contribution in [-0.4, -0.2) is 9.38 Å². The molecule has 0 radical (unpaired) electrons. The molecule has 0 aliphatic rings. The van der Waals surface area contributed by atoms with Crippen LogP contribution in [0.25, 0.3) is 92.6 Å². The molecule has 0 aliphatic heterocycles. The molecule has 12 aromatic rings. The molecule has 0 N–H and O–H groups in total. The van der Waals surface area contributed by atoms with Crippen LogP contribution in [0.1, 0.15) is 0 Å². The molecule has 57 heavy (non-hydrogen) atoms. The first-order valence-electron chi connectivity index (χ1n) is 19.4. The summed E-state index contributed by atoms with van der Waals surface area (Å²) in [5.41, 5.74) is 6.46. The number of hydrogen-bond acceptors (Lipinski definition) is 2. The molecule has 0 spiro atoms. The van der Waals surface area contributed by atoms with Crippen molar-refractivity contribution in [3.05, 3.63) is 200 Å². The zero-order valence-corrected chi connectivity index (χ0v) is 31.7. The first kappa shape index (κ1) is 32.2. The van der Waals surface area contributed by atoms with E-state index in [0.717, 1.165) is 70.8 Å². The second-order valence-corrected chi connectivity index (χ2v) is 17.8. The van der Waals surface area contributed by atoms with E-state index >= 15 is 4.57 Å². The molecule has 0 aliphatic carbocycles. The average Bonchev–Trinajstić information content (AvgIpc) is 3.68. The molecular formula is C53H33N2OP. The summed E-state index contributed by atoms with van der Waals surface area (Å²) < 4.78 is 17.6. The lowest BCUT2D eigenvalue weighted by Gasteiger charge is -2.20. The number of imidazole rings is 1. The number of aromatic nitrogens is 2. The molecule has 0 bridgehead atoms. The van der Waals surface area contributed by atoms with E-state index in [9.17, 15) is 0 Å². The second kappa shape index (κ2) is 12.2. The fourth-order valence-electron chi connectivity index (χ4n) is 9.27. The first-order chi connectivity index (χ1) is 28.1. The van der Waals surface area contributed by atoms with Crippen molar-refractivity contribution in [1.82, 2.24) is 9.38 Å². The Bertz CT molecular complexity index is 3620. The number of nitrogens with zero attached hydrogens (tertiary/aromatic N) is 2. The van der Waals surface area contributed by atoms with Crippen molar-refractivity contribution in [3.8, 4) is 11.1 Å². The van der Waals surface area contributed by atoms with Gasteiger partial charge in [-0.05, 0) is 84.4 Å². The van der Waals surface area contributed by atoms with Gasteiger partial charge in [-0.2, -0.15) is 0 Å². The van der Waals surface area contributed by atoms with Gasteiger partial charge in [-0.15, -0.1) is 0 Å². The van der Waals surface area contributed by atoms with Gasteiger partial charge in [0.15, 0.2) is 7.14 Å². The van der Waals surface area contributed by atoms with Crippen molar-refractivity contribution in [2.75, 3.05) is 0 Å². The maximum absolute atomic E-state index is 15.2. The third kappa shape index (κ3) is 4.73. The highest BCUT2D eigenvalue weighted by atomic mass is 31.2. The quantitative estimate of drug-likeness (QED) is 0.102. The number of pyridine rings is 1. The molecule has 10 aromatic carbocycles. The molecule has 0 saturated carbocycles. The lowest BCUT2D eigenvalue weighted by atomic mass is 9.96. The number of hydrogen-bond donors (Lipinski definition) is 0. The van der Waals surface area contributed by atoms with Crippen molar-refractivity contribution in [2.24, 2.45) is 0 Å². The molecule has 3 nitrogen and oxygen atoms in total. The Morgan fingerprint density at radius 2 is 1.02 bits per heavy atom. The van der Waals surface area contributed by atoms with Crippen molar-refractivity contribution in [3.63, 3.8) is 0 Å². The van der Waals surface area contributed by atoms with E-state index in [0.29, 0.717) is 0 Å². The zero-order chi connectivity index (χ0) is 37.7. The Morgan fingerprint density at radius 3 is 1.77 bits per heavy atom. The van der Waals surface area contributed by atoms with Gasteiger partial charge in [-0.3, -0.25) is 4.40 Å². The highest BCUT2D eigenvalue weighted by Gasteiger charge is 2.30. The Kier molecular flexibility index (Phi) is 6.90.